The maximum Gasteiger partial charge on any atom is 0.273 e. The first-order valence-corrected chi connectivity index (χ1v) is 7.79. The molecule has 0 bridgehead atoms. The highest BCUT2D eigenvalue weighted by atomic mass is 16.5. The van der Waals surface area contributed by atoms with E-state index in [1.807, 2.05) is 30.3 Å². The number of aromatic nitrogens is 3. The summed E-state index contributed by atoms with van der Waals surface area (Å²) in [7, 11) is 0. The topological polar surface area (TPSA) is 114 Å². The summed E-state index contributed by atoms with van der Waals surface area (Å²) in [4.78, 5) is 12.1. The van der Waals surface area contributed by atoms with Crippen LogP contribution in [0.2, 0.25) is 0 Å². The highest BCUT2D eigenvalue weighted by molar-refractivity contribution is 5.93. The van der Waals surface area contributed by atoms with Gasteiger partial charge in [-0.25, -0.2) is 0 Å². The van der Waals surface area contributed by atoms with Crippen LogP contribution in [-0.2, 0) is 12.0 Å². The fraction of sp³-hybridized carbons (Fsp3) is 0.294. The van der Waals surface area contributed by atoms with Crippen LogP contribution in [-0.4, -0.2) is 32.9 Å². The normalized spacial score (nSPS) is 11.5. The van der Waals surface area contributed by atoms with Gasteiger partial charge in [-0.3, -0.25) is 4.79 Å². The van der Waals surface area contributed by atoms with Gasteiger partial charge in [0.05, 0.1) is 0 Å². The number of carbonyl (C=O) groups is 1. The Morgan fingerprint density at radius 1 is 1.24 bits per heavy atom. The number of amides is 1. The first-order valence-electron chi connectivity index (χ1n) is 7.79. The molecular weight excluding hydrogens is 324 g/mol. The maximum atomic E-state index is 12.1. The molecule has 0 fully saturated rings. The number of benzene rings is 1. The molecule has 8 nitrogen and oxygen atoms in total. The van der Waals surface area contributed by atoms with Crippen LogP contribution in [0.15, 0.2) is 45.3 Å². The van der Waals surface area contributed by atoms with E-state index in [4.69, 9.17) is 8.94 Å². The van der Waals surface area contributed by atoms with Gasteiger partial charge < -0.3 is 19.4 Å². The minimum Gasteiger partial charge on any atom is -0.422 e. The Bertz CT molecular complexity index is 849. The minimum absolute atomic E-state index is 0.137. The fourth-order valence-corrected chi connectivity index (χ4v) is 2.10. The lowest BCUT2D eigenvalue weighted by atomic mass is 10.1. The highest BCUT2D eigenvalue weighted by Crippen LogP contribution is 2.20. The van der Waals surface area contributed by atoms with Gasteiger partial charge in [0.15, 0.2) is 11.5 Å². The number of nitrogens with one attached hydrogen (secondary N) is 1. The second kappa shape index (κ2) is 6.86. The summed E-state index contributed by atoms with van der Waals surface area (Å²) in [5, 5.41) is 23.9. The minimum atomic E-state index is -1.19. The molecule has 3 aromatic rings. The number of hydrogen-bond acceptors (Lipinski definition) is 7. The summed E-state index contributed by atoms with van der Waals surface area (Å²) in [5.41, 5.74) is -0.149. The Labute approximate surface area is 143 Å². The molecule has 1 amide bonds. The van der Waals surface area contributed by atoms with Crippen LogP contribution in [0.25, 0.3) is 11.3 Å². The molecular formula is C17H18N4O4. The summed E-state index contributed by atoms with van der Waals surface area (Å²) in [5.74, 6) is 0.644. The molecule has 0 spiro atoms. The predicted molar refractivity (Wildman–Crippen MR) is 87.5 cm³/mol. The summed E-state index contributed by atoms with van der Waals surface area (Å²) >= 11 is 0. The van der Waals surface area contributed by atoms with E-state index in [2.05, 4.69) is 20.7 Å². The molecule has 3 rings (SSSR count). The Kier molecular flexibility index (Phi) is 4.62. The summed E-state index contributed by atoms with van der Waals surface area (Å²) in [6.07, 6.45) is 0.345. The zero-order valence-corrected chi connectivity index (χ0v) is 13.9. The number of carbonyl (C=O) groups excluding carboxylic acids is 1. The van der Waals surface area contributed by atoms with Gasteiger partial charge in [-0.2, -0.15) is 0 Å². The third-order valence-corrected chi connectivity index (χ3v) is 3.42. The van der Waals surface area contributed by atoms with Crippen molar-refractivity contribution in [2.45, 2.75) is 25.9 Å². The lowest BCUT2D eigenvalue weighted by Gasteiger charge is -2.09. The molecule has 8 heteroatoms. The number of aliphatic hydroxyl groups is 1. The smallest absolute Gasteiger partial charge is 0.273 e. The molecule has 130 valence electrons. The molecule has 2 aromatic heterocycles. The van der Waals surface area contributed by atoms with E-state index in [9.17, 15) is 9.90 Å². The first kappa shape index (κ1) is 16.8. The Morgan fingerprint density at radius 3 is 2.68 bits per heavy atom. The molecule has 2 heterocycles. The van der Waals surface area contributed by atoms with Crippen molar-refractivity contribution in [3.63, 3.8) is 0 Å². The second-order valence-corrected chi connectivity index (χ2v) is 6.01. The average molecular weight is 342 g/mol. The SMILES string of the molecule is CC(C)(O)c1nnc(CCNC(=O)c2cc(-c3ccccc3)on2)o1. The van der Waals surface area contributed by atoms with Gasteiger partial charge >= 0.3 is 0 Å². The summed E-state index contributed by atoms with van der Waals surface area (Å²) < 4.78 is 10.5. The van der Waals surface area contributed by atoms with Crippen molar-refractivity contribution < 1.29 is 18.8 Å². The lowest BCUT2D eigenvalue weighted by molar-refractivity contribution is 0.0470. The van der Waals surface area contributed by atoms with E-state index in [0.29, 0.717) is 24.6 Å². The van der Waals surface area contributed by atoms with Crippen molar-refractivity contribution in [3.05, 3.63) is 53.9 Å². The van der Waals surface area contributed by atoms with Gasteiger partial charge in [0.25, 0.3) is 5.91 Å². The molecule has 0 atom stereocenters. The third kappa shape index (κ3) is 4.10. The number of hydrogen-bond donors (Lipinski definition) is 2. The molecule has 1 aromatic carbocycles. The molecule has 2 N–H and O–H groups in total. The van der Waals surface area contributed by atoms with Gasteiger partial charge in [-0.1, -0.05) is 35.5 Å². The van der Waals surface area contributed by atoms with E-state index >= 15 is 0 Å². The number of nitrogens with zero attached hydrogens (tertiary/aromatic N) is 3. The molecule has 0 unspecified atom stereocenters. The van der Waals surface area contributed by atoms with Crippen molar-refractivity contribution in [1.82, 2.24) is 20.7 Å². The molecule has 25 heavy (non-hydrogen) atoms. The van der Waals surface area contributed by atoms with Crippen LogP contribution in [0.3, 0.4) is 0 Å². The van der Waals surface area contributed by atoms with Crippen LogP contribution in [0.5, 0.6) is 0 Å². The van der Waals surface area contributed by atoms with E-state index in [-0.39, 0.29) is 17.5 Å². The van der Waals surface area contributed by atoms with E-state index in [1.54, 1.807) is 19.9 Å². The van der Waals surface area contributed by atoms with E-state index in [1.165, 1.54) is 0 Å². The van der Waals surface area contributed by atoms with Crippen molar-refractivity contribution in [2.75, 3.05) is 6.54 Å². The molecule has 0 saturated carbocycles. The van der Waals surface area contributed by atoms with Gasteiger partial charge in [0, 0.05) is 24.6 Å². The van der Waals surface area contributed by atoms with Gasteiger partial charge in [0.2, 0.25) is 11.8 Å². The average Bonchev–Trinajstić information content (AvgIpc) is 3.25. The second-order valence-electron chi connectivity index (χ2n) is 6.01. The van der Waals surface area contributed by atoms with Crippen molar-refractivity contribution in [1.29, 1.82) is 0 Å². The van der Waals surface area contributed by atoms with Gasteiger partial charge in [-0.05, 0) is 13.8 Å². The standard InChI is InChI=1S/C17H18N4O4/c1-17(2,23)16-20-19-14(24-16)8-9-18-15(22)12-10-13(25-21-12)11-6-4-3-5-7-11/h3-7,10,23H,8-9H2,1-2H3,(H,18,22). The van der Waals surface area contributed by atoms with Crippen LogP contribution in [0.4, 0.5) is 0 Å². The Hall–Kier alpha value is -3.00. The fourth-order valence-electron chi connectivity index (χ4n) is 2.10. The first-order chi connectivity index (χ1) is 11.9. The van der Waals surface area contributed by atoms with Gasteiger partial charge in [0.1, 0.15) is 5.60 Å². The summed E-state index contributed by atoms with van der Waals surface area (Å²) in [6, 6.07) is 11.0. The van der Waals surface area contributed by atoms with E-state index in [0.717, 1.165) is 5.56 Å². The van der Waals surface area contributed by atoms with Crippen molar-refractivity contribution in [3.8, 4) is 11.3 Å². The summed E-state index contributed by atoms with van der Waals surface area (Å²) in [6.45, 7) is 3.40. The molecule has 0 aliphatic rings. The monoisotopic (exact) mass is 342 g/mol. The maximum absolute atomic E-state index is 12.1. The number of rotatable bonds is 6. The van der Waals surface area contributed by atoms with Gasteiger partial charge in [-0.15, -0.1) is 10.2 Å². The predicted octanol–water partition coefficient (Wildman–Crippen LogP) is 1.92. The zero-order valence-electron chi connectivity index (χ0n) is 13.9. The molecule has 0 radical (unpaired) electrons. The molecule has 0 aliphatic carbocycles. The van der Waals surface area contributed by atoms with Crippen LogP contribution < -0.4 is 5.32 Å². The zero-order chi connectivity index (χ0) is 17.9. The van der Waals surface area contributed by atoms with Crippen LogP contribution >= 0.6 is 0 Å². The van der Waals surface area contributed by atoms with Crippen LogP contribution in [0.1, 0.15) is 36.1 Å². The quantitative estimate of drug-likeness (QED) is 0.703. The third-order valence-electron chi connectivity index (χ3n) is 3.42. The molecule has 0 saturated heterocycles. The van der Waals surface area contributed by atoms with Crippen molar-refractivity contribution in [2.24, 2.45) is 0 Å². The lowest BCUT2D eigenvalue weighted by Crippen LogP contribution is -2.26. The highest BCUT2D eigenvalue weighted by Gasteiger charge is 2.23. The Balaban J connectivity index is 1.55. The molecule has 0 aliphatic heterocycles. The van der Waals surface area contributed by atoms with Crippen molar-refractivity contribution >= 4 is 5.91 Å². The van der Waals surface area contributed by atoms with E-state index < -0.39 is 5.60 Å². The largest absolute Gasteiger partial charge is 0.422 e. The Morgan fingerprint density at radius 2 is 2.00 bits per heavy atom. The van der Waals surface area contributed by atoms with Crippen LogP contribution in [0, 0.1) is 0 Å².